The van der Waals surface area contributed by atoms with Gasteiger partial charge in [0.25, 0.3) is 0 Å². The molecule has 1 atom stereocenters. The molecule has 0 saturated heterocycles. The van der Waals surface area contributed by atoms with Crippen LogP contribution in [0, 0.1) is 0 Å². The normalized spacial score (nSPS) is 14.9. The van der Waals surface area contributed by atoms with Crippen molar-refractivity contribution in [1.82, 2.24) is 5.32 Å². The van der Waals surface area contributed by atoms with E-state index in [0.717, 1.165) is 0 Å². The molecule has 0 spiro atoms. The van der Waals surface area contributed by atoms with E-state index in [1.54, 1.807) is 24.3 Å². The van der Waals surface area contributed by atoms with Gasteiger partial charge >= 0.3 is 12.0 Å². The van der Waals surface area contributed by atoms with Gasteiger partial charge in [-0.2, -0.15) is 0 Å². The zero-order valence-corrected chi connectivity index (χ0v) is 11.3. The van der Waals surface area contributed by atoms with Crippen molar-refractivity contribution in [3.05, 3.63) is 24.3 Å². The van der Waals surface area contributed by atoms with E-state index in [2.05, 4.69) is 10.6 Å². The van der Waals surface area contributed by atoms with Gasteiger partial charge in [-0.15, -0.1) is 0 Å². The molecule has 112 valence electrons. The lowest BCUT2D eigenvalue weighted by Crippen LogP contribution is -2.49. The molecule has 1 aromatic rings. The predicted octanol–water partition coefficient (Wildman–Crippen LogP) is 0.254. The number of fused-ring (bicyclic) bond motifs is 1. The lowest BCUT2D eigenvalue weighted by Gasteiger charge is -2.29. The summed E-state index contributed by atoms with van der Waals surface area (Å²) in [5.74, 6) is -1.49. The fraction of sp³-hybridized carbons (Fsp3) is 0.308. The number of methoxy groups -OCH3 is 1. The molecule has 0 bridgehead atoms. The number of nitrogens with one attached hydrogen (secondary N) is 2. The van der Waals surface area contributed by atoms with E-state index in [9.17, 15) is 14.4 Å². The van der Waals surface area contributed by atoms with E-state index in [-0.39, 0.29) is 19.0 Å². The highest BCUT2D eigenvalue weighted by molar-refractivity contribution is 6.09. The number of anilines is 2. The largest absolute Gasteiger partial charge is 0.479 e. The molecule has 3 amide bonds. The third-order valence-electron chi connectivity index (χ3n) is 3.01. The molecule has 0 aromatic heterocycles. The maximum atomic E-state index is 12.1. The van der Waals surface area contributed by atoms with Crippen LogP contribution in [0.15, 0.2) is 24.3 Å². The van der Waals surface area contributed by atoms with E-state index in [1.165, 1.54) is 12.0 Å². The maximum absolute atomic E-state index is 12.1. The van der Waals surface area contributed by atoms with E-state index in [1.807, 2.05) is 0 Å². The van der Waals surface area contributed by atoms with Crippen molar-refractivity contribution >= 4 is 29.3 Å². The Morgan fingerprint density at radius 1 is 1.48 bits per heavy atom. The van der Waals surface area contributed by atoms with Gasteiger partial charge in [0.1, 0.15) is 6.54 Å². The Kier molecular flexibility index (Phi) is 4.39. The molecule has 8 heteroatoms. The lowest BCUT2D eigenvalue weighted by atomic mass is 10.2. The summed E-state index contributed by atoms with van der Waals surface area (Å²) in [6, 6.07) is 6.31. The van der Waals surface area contributed by atoms with Crippen molar-refractivity contribution in [1.29, 1.82) is 0 Å². The summed E-state index contributed by atoms with van der Waals surface area (Å²) in [7, 11) is 1.24. The topological polar surface area (TPSA) is 108 Å². The van der Waals surface area contributed by atoms with Gasteiger partial charge < -0.3 is 20.5 Å². The summed E-state index contributed by atoms with van der Waals surface area (Å²) >= 11 is 0. The third-order valence-corrected chi connectivity index (χ3v) is 3.01. The van der Waals surface area contributed by atoms with Crippen molar-refractivity contribution < 1.29 is 24.2 Å². The molecule has 0 aliphatic carbocycles. The summed E-state index contributed by atoms with van der Waals surface area (Å²) in [6.07, 6.45) is -1.14. The van der Waals surface area contributed by atoms with Gasteiger partial charge in [0.05, 0.1) is 17.9 Å². The highest BCUT2D eigenvalue weighted by atomic mass is 16.5. The van der Waals surface area contributed by atoms with E-state index >= 15 is 0 Å². The number of ether oxygens (including phenoxy) is 1. The van der Waals surface area contributed by atoms with Gasteiger partial charge in [0.2, 0.25) is 5.91 Å². The Morgan fingerprint density at radius 2 is 2.19 bits per heavy atom. The van der Waals surface area contributed by atoms with Crippen LogP contribution in [-0.4, -0.2) is 49.3 Å². The van der Waals surface area contributed by atoms with Gasteiger partial charge in [0, 0.05) is 7.11 Å². The number of carbonyl (C=O) groups excluding carboxylic acids is 2. The molecule has 0 radical (unpaired) electrons. The zero-order chi connectivity index (χ0) is 15.4. The molecule has 2 rings (SSSR count). The summed E-state index contributed by atoms with van der Waals surface area (Å²) < 4.78 is 4.73. The number of benzene rings is 1. The standard InChI is InChI=1S/C13H15N3O5/c1-21-10(12(18)19)6-14-13(20)16-7-11(17)15-8-4-2-3-5-9(8)16/h2-5,10H,6-7H2,1H3,(H,14,20)(H,15,17)(H,18,19). The Balaban J connectivity index is 2.09. The molecule has 1 aliphatic heterocycles. The van der Waals surface area contributed by atoms with E-state index in [0.29, 0.717) is 11.4 Å². The van der Waals surface area contributed by atoms with Crippen LogP contribution in [0.3, 0.4) is 0 Å². The number of aliphatic carboxylic acids is 1. The molecule has 1 heterocycles. The Hall–Kier alpha value is -2.61. The highest BCUT2D eigenvalue weighted by Crippen LogP contribution is 2.28. The summed E-state index contributed by atoms with van der Waals surface area (Å²) in [4.78, 5) is 35.8. The molecule has 1 unspecified atom stereocenters. The first kappa shape index (κ1) is 14.8. The molecular weight excluding hydrogens is 278 g/mol. The van der Waals surface area contributed by atoms with Crippen LogP contribution in [0.2, 0.25) is 0 Å². The predicted molar refractivity (Wildman–Crippen MR) is 74.2 cm³/mol. The smallest absolute Gasteiger partial charge is 0.334 e. The summed E-state index contributed by atoms with van der Waals surface area (Å²) in [5.41, 5.74) is 1.09. The summed E-state index contributed by atoms with van der Waals surface area (Å²) in [6.45, 7) is -0.321. The molecule has 3 N–H and O–H groups in total. The number of hydrogen-bond donors (Lipinski definition) is 3. The zero-order valence-electron chi connectivity index (χ0n) is 11.3. The molecule has 21 heavy (non-hydrogen) atoms. The number of amides is 3. The van der Waals surface area contributed by atoms with Crippen molar-refractivity contribution in [3.8, 4) is 0 Å². The maximum Gasteiger partial charge on any atom is 0.334 e. The minimum absolute atomic E-state index is 0.131. The van der Waals surface area contributed by atoms with Gasteiger partial charge in [-0.3, -0.25) is 9.69 Å². The molecular formula is C13H15N3O5. The first-order chi connectivity index (χ1) is 10.0. The second-order valence-corrected chi connectivity index (χ2v) is 4.40. The lowest BCUT2D eigenvalue weighted by molar-refractivity contribution is -0.148. The van der Waals surface area contributed by atoms with Crippen molar-refractivity contribution in [2.24, 2.45) is 0 Å². The van der Waals surface area contributed by atoms with Crippen LogP contribution in [-0.2, 0) is 14.3 Å². The van der Waals surface area contributed by atoms with Gasteiger partial charge in [-0.05, 0) is 12.1 Å². The second kappa shape index (κ2) is 6.23. The number of nitrogens with zero attached hydrogens (tertiary/aromatic N) is 1. The fourth-order valence-electron chi connectivity index (χ4n) is 1.96. The van der Waals surface area contributed by atoms with Crippen molar-refractivity contribution in [2.45, 2.75) is 6.10 Å². The van der Waals surface area contributed by atoms with Gasteiger partial charge in [-0.1, -0.05) is 12.1 Å². The first-order valence-corrected chi connectivity index (χ1v) is 6.22. The van der Waals surface area contributed by atoms with E-state index in [4.69, 9.17) is 9.84 Å². The number of para-hydroxylation sites is 2. The Labute approximate surface area is 120 Å². The van der Waals surface area contributed by atoms with Crippen LogP contribution >= 0.6 is 0 Å². The molecule has 1 aromatic carbocycles. The molecule has 0 fully saturated rings. The third kappa shape index (κ3) is 3.29. The average Bonchev–Trinajstić information content (AvgIpc) is 2.46. The number of hydrogen-bond acceptors (Lipinski definition) is 4. The molecule has 0 saturated carbocycles. The monoisotopic (exact) mass is 293 g/mol. The highest BCUT2D eigenvalue weighted by Gasteiger charge is 2.27. The van der Waals surface area contributed by atoms with Crippen LogP contribution in [0.25, 0.3) is 0 Å². The van der Waals surface area contributed by atoms with Crippen LogP contribution in [0.4, 0.5) is 16.2 Å². The minimum atomic E-state index is -1.17. The van der Waals surface area contributed by atoms with Crippen LogP contribution < -0.4 is 15.5 Å². The summed E-state index contributed by atoms with van der Waals surface area (Å²) in [5, 5.41) is 13.9. The number of carboxylic acid groups (broad SMARTS) is 1. The van der Waals surface area contributed by atoms with Crippen LogP contribution in [0.1, 0.15) is 0 Å². The number of carboxylic acids is 1. The SMILES string of the molecule is COC(CNC(=O)N1CC(=O)Nc2ccccc21)C(=O)O. The van der Waals surface area contributed by atoms with Gasteiger partial charge in [-0.25, -0.2) is 9.59 Å². The minimum Gasteiger partial charge on any atom is -0.479 e. The Morgan fingerprint density at radius 3 is 2.86 bits per heavy atom. The average molecular weight is 293 g/mol. The fourth-order valence-corrected chi connectivity index (χ4v) is 1.96. The van der Waals surface area contributed by atoms with Crippen LogP contribution in [0.5, 0.6) is 0 Å². The van der Waals surface area contributed by atoms with Crippen molar-refractivity contribution in [3.63, 3.8) is 0 Å². The molecule has 1 aliphatic rings. The van der Waals surface area contributed by atoms with Crippen molar-refractivity contribution in [2.75, 3.05) is 30.4 Å². The number of rotatable bonds is 4. The quantitative estimate of drug-likeness (QED) is 0.737. The molecule has 8 nitrogen and oxygen atoms in total. The van der Waals surface area contributed by atoms with Gasteiger partial charge in [0.15, 0.2) is 6.10 Å². The number of urea groups is 1. The number of carbonyl (C=O) groups is 3. The van der Waals surface area contributed by atoms with E-state index < -0.39 is 18.1 Å². The second-order valence-electron chi connectivity index (χ2n) is 4.40. The first-order valence-electron chi connectivity index (χ1n) is 6.22. The Bertz CT molecular complexity index is 575.